The number of aryl methyl sites for hydroxylation is 1. The normalized spacial score (nSPS) is 10.3. The Bertz CT molecular complexity index is 1180. The third-order valence-electron chi connectivity index (χ3n) is 5.32. The van der Waals surface area contributed by atoms with Crippen LogP contribution in [0, 0.1) is 12.8 Å². The second-order valence-corrected chi connectivity index (χ2v) is 8.30. The van der Waals surface area contributed by atoms with Crippen LogP contribution >= 0.6 is 24.8 Å². The number of hydrogen-bond donors (Lipinski definition) is 4. The van der Waals surface area contributed by atoms with E-state index in [9.17, 15) is 9.59 Å². The van der Waals surface area contributed by atoms with Crippen molar-refractivity contribution in [2.45, 2.75) is 40.3 Å². The van der Waals surface area contributed by atoms with Gasteiger partial charge < -0.3 is 22.5 Å². The number of nitrogens with zero attached hydrogens (tertiary/aromatic N) is 2. The summed E-state index contributed by atoms with van der Waals surface area (Å²) >= 11 is 0. The van der Waals surface area contributed by atoms with Crippen molar-refractivity contribution in [2.24, 2.45) is 23.1 Å². The zero-order valence-corrected chi connectivity index (χ0v) is 21.6. The van der Waals surface area contributed by atoms with Crippen molar-refractivity contribution in [3.8, 4) is 11.1 Å². The van der Waals surface area contributed by atoms with Crippen LogP contribution in [0.1, 0.15) is 57.3 Å². The number of nitrogens with two attached hydrogens (primary N) is 3. The zero-order valence-electron chi connectivity index (χ0n) is 20.0. The number of rotatable bonds is 8. The molecule has 0 spiro atoms. The highest BCUT2D eigenvalue weighted by atomic mass is 35.5. The summed E-state index contributed by atoms with van der Waals surface area (Å²) in [7, 11) is 0. The van der Waals surface area contributed by atoms with Crippen LogP contribution < -0.4 is 22.5 Å². The summed E-state index contributed by atoms with van der Waals surface area (Å²) < 4.78 is 0. The lowest BCUT2D eigenvalue weighted by atomic mass is 9.92. The lowest BCUT2D eigenvalue weighted by Gasteiger charge is -2.21. The average molecular weight is 519 g/mol. The van der Waals surface area contributed by atoms with Crippen LogP contribution in [0.4, 0.5) is 5.69 Å². The van der Waals surface area contributed by atoms with E-state index in [1.807, 2.05) is 31.2 Å². The van der Waals surface area contributed by atoms with Crippen LogP contribution in [-0.4, -0.2) is 21.8 Å². The lowest BCUT2D eigenvalue weighted by Crippen LogP contribution is -2.20. The van der Waals surface area contributed by atoms with Crippen molar-refractivity contribution in [1.82, 2.24) is 9.97 Å². The van der Waals surface area contributed by atoms with Crippen molar-refractivity contribution < 1.29 is 9.59 Å². The summed E-state index contributed by atoms with van der Waals surface area (Å²) in [6.07, 6.45) is 0.762. The van der Waals surface area contributed by atoms with Crippen LogP contribution in [0.5, 0.6) is 0 Å². The van der Waals surface area contributed by atoms with Gasteiger partial charge >= 0.3 is 0 Å². The molecule has 0 saturated carbocycles. The third kappa shape index (κ3) is 6.99. The molecule has 0 bridgehead atoms. The molecule has 2 aromatic heterocycles. The molecule has 0 unspecified atom stereocenters. The van der Waals surface area contributed by atoms with Crippen LogP contribution in [-0.2, 0) is 19.5 Å². The minimum Gasteiger partial charge on any atom is -0.364 e. The summed E-state index contributed by atoms with van der Waals surface area (Å²) in [6.45, 7) is 6.80. The first kappa shape index (κ1) is 30.0. The summed E-state index contributed by atoms with van der Waals surface area (Å²) in [4.78, 5) is 33.4. The summed E-state index contributed by atoms with van der Waals surface area (Å²) in [5.74, 6) is -0.787. The molecular formula is C25H32Cl2N6O2. The molecule has 10 heteroatoms. The lowest BCUT2D eigenvalue weighted by molar-refractivity contribution is 0.0995. The second kappa shape index (κ2) is 13.2. The van der Waals surface area contributed by atoms with E-state index in [2.05, 4.69) is 24.1 Å². The average Bonchev–Trinajstić information content (AvgIpc) is 2.80. The molecule has 3 rings (SSSR count). The second-order valence-electron chi connectivity index (χ2n) is 8.30. The van der Waals surface area contributed by atoms with Gasteiger partial charge in [0, 0.05) is 24.3 Å². The number of benzene rings is 1. The number of carbonyl (C=O) groups excluding carboxylic acids is 2. The van der Waals surface area contributed by atoms with E-state index in [-0.39, 0.29) is 42.7 Å². The van der Waals surface area contributed by atoms with E-state index >= 15 is 0 Å². The molecule has 0 aliphatic carbocycles. The first-order valence-electron chi connectivity index (χ1n) is 10.8. The molecule has 0 saturated heterocycles. The number of hydrogen-bond acceptors (Lipinski definition) is 6. The molecule has 0 aliphatic rings. The molecule has 0 aliphatic heterocycles. The Hall–Kier alpha value is -3.04. The van der Waals surface area contributed by atoms with Gasteiger partial charge in [-0.25, -0.2) is 4.98 Å². The number of aromatic nitrogens is 2. The number of nitrogens with one attached hydrogen (secondary N) is 1. The quantitative estimate of drug-likeness (QED) is 0.356. The highest BCUT2D eigenvalue weighted by Gasteiger charge is 2.22. The minimum absolute atomic E-state index is 0. The SMILES string of the molecule is Cc1nc(CC(C)C)c(CN)c(-c2ccc(CN)cc2)c1NC(=O)c1cccc(C(N)=O)n1.Cl.Cl. The Morgan fingerprint density at radius 2 is 1.57 bits per heavy atom. The van der Waals surface area contributed by atoms with E-state index in [4.69, 9.17) is 22.2 Å². The fourth-order valence-electron chi connectivity index (χ4n) is 3.73. The molecule has 188 valence electrons. The van der Waals surface area contributed by atoms with Gasteiger partial charge in [-0.3, -0.25) is 14.6 Å². The molecule has 3 aromatic rings. The fraction of sp³-hybridized carbons (Fsp3) is 0.280. The van der Waals surface area contributed by atoms with Gasteiger partial charge in [0.25, 0.3) is 11.8 Å². The van der Waals surface area contributed by atoms with E-state index in [1.165, 1.54) is 12.1 Å². The Morgan fingerprint density at radius 1 is 0.943 bits per heavy atom. The number of carbonyl (C=O) groups is 2. The van der Waals surface area contributed by atoms with Crippen molar-refractivity contribution in [3.63, 3.8) is 0 Å². The topological polar surface area (TPSA) is 150 Å². The highest BCUT2D eigenvalue weighted by Crippen LogP contribution is 2.36. The molecule has 0 atom stereocenters. The van der Waals surface area contributed by atoms with Gasteiger partial charge in [-0.05, 0) is 48.1 Å². The summed E-state index contributed by atoms with van der Waals surface area (Å²) in [5.41, 5.74) is 23.1. The predicted octanol–water partition coefficient (Wildman–Crippen LogP) is 3.76. The molecule has 0 radical (unpaired) electrons. The van der Waals surface area contributed by atoms with E-state index in [0.29, 0.717) is 23.8 Å². The van der Waals surface area contributed by atoms with Crippen LogP contribution in [0.15, 0.2) is 42.5 Å². The van der Waals surface area contributed by atoms with Gasteiger partial charge in [-0.1, -0.05) is 44.2 Å². The van der Waals surface area contributed by atoms with Crippen molar-refractivity contribution in [3.05, 3.63) is 76.4 Å². The van der Waals surface area contributed by atoms with Crippen LogP contribution in [0.3, 0.4) is 0 Å². The molecular weight excluding hydrogens is 487 g/mol. The highest BCUT2D eigenvalue weighted by molar-refractivity contribution is 6.06. The Morgan fingerprint density at radius 3 is 2.11 bits per heavy atom. The maximum absolute atomic E-state index is 13.1. The predicted molar refractivity (Wildman–Crippen MR) is 144 cm³/mol. The number of anilines is 1. The zero-order chi connectivity index (χ0) is 24.1. The number of halogens is 2. The minimum atomic E-state index is -0.702. The van der Waals surface area contributed by atoms with Crippen LogP contribution in [0.2, 0.25) is 0 Å². The molecule has 1 aromatic carbocycles. The molecule has 35 heavy (non-hydrogen) atoms. The Kier molecular flexibility index (Phi) is 11.3. The fourth-order valence-corrected chi connectivity index (χ4v) is 3.73. The third-order valence-corrected chi connectivity index (χ3v) is 5.32. The summed E-state index contributed by atoms with van der Waals surface area (Å²) in [6, 6.07) is 12.4. The molecule has 2 heterocycles. The standard InChI is InChI=1S/C25H30N6O2.2ClH/c1-14(2)11-21-18(13-27)22(17-9-7-16(12-26)8-10-17)23(15(3)29-21)31-25(33)20-6-4-5-19(30-20)24(28)32;;/h4-10,14H,11-13,26-27H2,1-3H3,(H2,28,32)(H,31,33);2*1H. The van der Waals surface area contributed by atoms with Gasteiger partial charge in [0.2, 0.25) is 0 Å². The number of primary amides is 1. The van der Waals surface area contributed by atoms with Crippen LogP contribution in [0.25, 0.3) is 11.1 Å². The van der Waals surface area contributed by atoms with Crippen molar-refractivity contribution >= 4 is 42.3 Å². The van der Waals surface area contributed by atoms with E-state index in [1.54, 1.807) is 6.07 Å². The molecule has 2 amide bonds. The molecule has 8 nitrogen and oxygen atoms in total. The van der Waals surface area contributed by atoms with Crippen molar-refractivity contribution in [1.29, 1.82) is 0 Å². The smallest absolute Gasteiger partial charge is 0.274 e. The molecule has 0 fully saturated rings. The first-order valence-corrected chi connectivity index (χ1v) is 10.8. The Labute approximate surface area is 217 Å². The number of pyridine rings is 2. The van der Waals surface area contributed by atoms with Gasteiger partial charge in [-0.15, -0.1) is 24.8 Å². The van der Waals surface area contributed by atoms with Gasteiger partial charge in [0.05, 0.1) is 11.4 Å². The number of amides is 2. The molecule has 7 N–H and O–H groups in total. The maximum atomic E-state index is 13.1. The van der Waals surface area contributed by atoms with E-state index < -0.39 is 11.8 Å². The van der Waals surface area contributed by atoms with Crippen molar-refractivity contribution in [2.75, 3.05) is 5.32 Å². The summed E-state index contributed by atoms with van der Waals surface area (Å²) in [5, 5.41) is 2.95. The van der Waals surface area contributed by atoms with Gasteiger partial charge in [0.15, 0.2) is 0 Å². The van der Waals surface area contributed by atoms with Gasteiger partial charge in [-0.2, -0.15) is 0 Å². The largest absolute Gasteiger partial charge is 0.364 e. The van der Waals surface area contributed by atoms with E-state index in [0.717, 1.165) is 34.4 Å². The van der Waals surface area contributed by atoms with Gasteiger partial charge in [0.1, 0.15) is 11.4 Å². The first-order chi connectivity index (χ1) is 15.7. The Balaban J connectivity index is 0.00000306. The monoisotopic (exact) mass is 518 g/mol. The maximum Gasteiger partial charge on any atom is 0.274 e.